The monoisotopic (exact) mass is 533 g/mol. The van der Waals surface area contributed by atoms with E-state index in [0.29, 0.717) is 0 Å². The van der Waals surface area contributed by atoms with E-state index in [-0.39, 0.29) is 0 Å². The van der Waals surface area contributed by atoms with E-state index in [9.17, 15) is 9.59 Å². The van der Waals surface area contributed by atoms with Gasteiger partial charge in [-0.25, -0.2) is 0 Å². The Kier molecular flexibility index (Phi) is 14.7. The molecule has 0 aliphatic heterocycles. The average Bonchev–Trinajstić information content (AvgIpc) is 2.27. The van der Waals surface area contributed by atoms with E-state index in [1.54, 1.807) is 27.7 Å². The molecule has 117 valence electrons. The third-order valence-corrected chi connectivity index (χ3v) is 2.61. The summed E-state index contributed by atoms with van der Waals surface area (Å²) in [4.78, 5) is 20.3. The average molecular weight is 532 g/mol. The molecule has 10 heteroatoms. The van der Waals surface area contributed by atoms with Gasteiger partial charge in [-0.2, -0.15) is 25.3 Å². The molecule has 0 fully saturated rings. The van der Waals surface area contributed by atoms with E-state index < -0.39 is 33.5 Å². The first kappa shape index (κ1) is 25.8. The zero-order valence-electron chi connectivity index (χ0n) is 12.1. The number of carbonyl (C=O) groups is 2. The Hall–Kier alpha value is 0.845. The van der Waals surface area contributed by atoms with Gasteiger partial charge in [-0.1, -0.05) is 0 Å². The van der Waals surface area contributed by atoms with Gasteiger partial charge in [0.1, 0.15) is 12.1 Å². The first-order valence-electron chi connectivity index (χ1n) is 5.44. The van der Waals surface area contributed by atoms with E-state index in [1.165, 1.54) is 0 Å². The Morgan fingerprint density at radius 2 is 1.05 bits per heavy atom. The van der Waals surface area contributed by atoms with Gasteiger partial charge in [0.2, 0.25) is 0 Å². The number of hydrogen-bond donors (Lipinski definition) is 7. The van der Waals surface area contributed by atoms with E-state index in [2.05, 4.69) is 34.4 Å². The molecule has 0 aromatic carbocycles. The number of rotatable bonds is 4. The van der Waals surface area contributed by atoms with Crippen LogP contribution in [0.2, 0.25) is 0 Å². The minimum absolute atomic E-state index is 0.647. The molecule has 0 spiro atoms. The molecule has 20 heavy (non-hydrogen) atoms. The van der Waals surface area contributed by atoms with E-state index in [4.69, 9.17) is 21.7 Å². The Labute approximate surface area is 150 Å². The molecule has 0 saturated carbocycles. The first-order valence-corrected chi connectivity index (χ1v) is 14.3. The summed E-state index contributed by atoms with van der Waals surface area (Å²) in [5.41, 5.74) is 10.4. The third-order valence-electron chi connectivity index (χ3n) is 2.05. The number of carboxylic acid groups (broad SMARTS) is 2. The van der Waals surface area contributed by atoms with Crippen molar-refractivity contribution in [2.24, 2.45) is 11.5 Å². The molecule has 0 bridgehead atoms. The van der Waals surface area contributed by atoms with Crippen molar-refractivity contribution in [2.45, 2.75) is 49.3 Å². The van der Waals surface area contributed by atoms with Crippen LogP contribution in [-0.2, 0) is 34.2 Å². The molecule has 0 radical (unpaired) electrons. The maximum absolute atomic E-state index is 10.2. The molecule has 0 aliphatic rings. The molecule has 0 aromatic rings. The van der Waals surface area contributed by atoms with Crippen molar-refractivity contribution in [1.82, 2.24) is 0 Å². The van der Waals surface area contributed by atoms with Crippen LogP contribution >= 0.6 is 34.4 Å². The van der Waals surface area contributed by atoms with Gasteiger partial charge >= 0.3 is 45.7 Å². The summed E-state index contributed by atoms with van der Waals surface area (Å²) < 4.78 is -1.29. The van der Waals surface area contributed by atoms with Crippen LogP contribution in [0.4, 0.5) is 0 Å². The van der Waals surface area contributed by atoms with Gasteiger partial charge in [-0.15, -0.1) is 0 Å². The van der Waals surface area contributed by atoms with Crippen LogP contribution in [0.3, 0.4) is 0 Å². The van der Waals surface area contributed by atoms with Gasteiger partial charge in [0, 0.05) is 9.49 Å². The number of aliphatic carboxylic acids is 2. The van der Waals surface area contributed by atoms with Gasteiger partial charge in [0.05, 0.1) is 0 Å². The molecule has 0 amide bonds. The fourth-order valence-corrected chi connectivity index (χ4v) is 0.825. The molecule has 6 nitrogen and oxygen atoms in total. The minimum atomic E-state index is -1.02. The van der Waals surface area contributed by atoms with Crippen molar-refractivity contribution in [2.75, 3.05) is 0 Å². The van der Waals surface area contributed by atoms with Crippen LogP contribution in [0.15, 0.2) is 0 Å². The summed E-state index contributed by atoms with van der Waals surface area (Å²) in [7, 11) is 3.72. The maximum atomic E-state index is 10.2. The molecule has 0 aliphatic carbocycles. The predicted octanol–water partition coefficient (Wildman–Crippen LogP) is 0.591. The molecule has 0 saturated heterocycles. The number of hydrogen-bond acceptors (Lipinski definition) is 7. The standard InChI is InChI=1S/2C5H11NO2S.Hg.H2S/c2*1-5(2,9)3(6)4(7)8;;/h2*3,9H,6H2,1-2H3,(H,7,8);;1H2/q;;+1;/p-1/t2*3-;;/m11../s1. The fourth-order valence-electron chi connectivity index (χ4n) is 0.604. The number of nitrogens with two attached hydrogens (primary N) is 2. The molecular formula is C10H23HgN2O4S3. The van der Waals surface area contributed by atoms with Crippen molar-refractivity contribution < 1.29 is 44.4 Å². The topological polar surface area (TPSA) is 127 Å². The summed E-state index contributed by atoms with van der Waals surface area (Å²) in [5, 5.41) is 16.7. The second-order valence-corrected chi connectivity index (χ2v) is 7.24. The summed E-state index contributed by atoms with van der Waals surface area (Å²) in [6, 6.07) is -1.80. The van der Waals surface area contributed by atoms with Crippen LogP contribution in [0.1, 0.15) is 27.7 Å². The Morgan fingerprint density at radius 1 is 0.900 bits per heavy atom. The molecule has 0 aromatic heterocycles. The molecule has 0 rings (SSSR count). The first-order chi connectivity index (χ1) is 8.71. The number of thiol groups is 3. The zero-order chi connectivity index (χ0) is 17.3. The summed E-state index contributed by atoms with van der Waals surface area (Å²) in [6.07, 6.45) is 0. The van der Waals surface area contributed by atoms with Gasteiger partial charge in [0.15, 0.2) is 0 Å². The van der Waals surface area contributed by atoms with Gasteiger partial charge in [-0.3, -0.25) is 9.59 Å². The van der Waals surface area contributed by atoms with Crippen LogP contribution in [0.25, 0.3) is 0 Å². The molecule has 0 heterocycles. The predicted molar refractivity (Wildman–Crippen MR) is 86.3 cm³/mol. The summed E-state index contributed by atoms with van der Waals surface area (Å²) in [5.74, 6) is -2.04. The quantitative estimate of drug-likeness (QED) is 0.210. The summed E-state index contributed by atoms with van der Waals surface area (Å²) in [6.45, 7) is 6.65. The van der Waals surface area contributed by atoms with Crippen molar-refractivity contribution in [3.05, 3.63) is 0 Å². The van der Waals surface area contributed by atoms with E-state index in [0.717, 1.165) is 24.6 Å². The molecule has 6 N–H and O–H groups in total. The van der Waals surface area contributed by atoms with Gasteiger partial charge in [0.25, 0.3) is 0 Å². The molecule has 0 unspecified atom stereocenters. The molecule has 2 atom stereocenters. The van der Waals surface area contributed by atoms with Crippen molar-refractivity contribution in [3.8, 4) is 0 Å². The van der Waals surface area contributed by atoms with Gasteiger partial charge < -0.3 is 21.7 Å². The van der Waals surface area contributed by atoms with E-state index >= 15 is 0 Å². The SMILES string of the molecule is CC(C)(S)[C@H](N)C(=O)O.CC(C)(S)[C@H](N)C(=O)O.[SH][Hg]. The van der Waals surface area contributed by atoms with Crippen molar-refractivity contribution in [3.63, 3.8) is 0 Å². The van der Waals surface area contributed by atoms with E-state index in [1.807, 2.05) is 0 Å². The zero-order valence-corrected chi connectivity index (χ0v) is 20.3. The Balaban J connectivity index is -0.000000257. The van der Waals surface area contributed by atoms with Crippen molar-refractivity contribution in [1.29, 1.82) is 0 Å². The van der Waals surface area contributed by atoms with Crippen LogP contribution in [-0.4, -0.2) is 43.7 Å². The van der Waals surface area contributed by atoms with Crippen LogP contribution in [0, 0.1) is 0 Å². The third kappa shape index (κ3) is 13.8. The second-order valence-electron chi connectivity index (χ2n) is 4.94. The van der Waals surface area contributed by atoms with Gasteiger partial charge in [-0.05, 0) is 27.7 Å². The van der Waals surface area contributed by atoms with Crippen molar-refractivity contribution >= 4 is 46.3 Å². The Morgan fingerprint density at radius 3 is 1.05 bits per heavy atom. The normalized spacial score (nSPS) is 13.9. The van der Waals surface area contributed by atoms with Crippen LogP contribution < -0.4 is 11.5 Å². The Bertz CT molecular complexity index is 276. The second kappa shape index (κ2) is 11.4. The molecular weight excluding hydrogens is 509 g/mol. The fraction of sp³-hybridized carbons (Fsp3) is 0.800. The number of carboxylic acids is 2. The summed E-state index contributed by atoms with van der Waals surface area (Å²) >= 11 is 8.69. The van der Waals surface area contributed by atoms with Crippen LogP contribution in [0.5, 0.6) is 0 Å².